The van der Waals surface area contributed by atoms with Crippen molar-refractivity contribution in [3.05, 3.63) is 60.4 Å². The van der Waals surface area contributed by atoms with Crippen molar-refractivity contribution in [2.75, 3.05) is 38.2 Å². The summed E-state index contributed by atoms with van der Waals surface area (Å²) in [6.45, 7) is 3.58. The van der Waals surface area contributed by atoms with Gasteiger partial charge in [-0.3, -0.25) is 9.59 Å². The molecule has 0 saturated carbocycles. The van der Waals surface area contributed by atoms with Crippen LogP contribution in [0.25, 0.3) is 28.0 Å². The first kappa shape index (κ1) is 23.3. The summed E-state index contributed by atoms with van der Waals surface area (Å²) in [6.07, 6.45) is 4.56. The number of hydrogen-bond donors (Lipinski definition) is 2. The Balaban J connectivity index is 1.22. The largest absolute Gasteiger partial charge is 0.494 e. The Morgan fingerprint density at radius 1 is 1.05 bits per heavy atom. The predicted molar refractivity (Wildman–Crippen MR) is 137 cm³/mol. The summed E-state index contributed by atoms with van der Waals surface area (Å²) >= 11 is 0. The van der Waals surface area contributed by atoms with Gasteiger partial charge in [0.1, 0.15) is 23.6 Å². The first-order valence-electron chi connectivity index (χ1n) is 12.0. The lowest BCUT2D eigenvalue weighted by Crippen LogP contribution is -2.50. The number of nitrogens with zero attached hydrogens (tertiary/aromatic N) is 8. The Hall–Kier alpha value is -5.07. The monoisotopic (exact) mass is 512 g/mol. The Morgan fingerprint density at radius 2 is 1.84 bits per heavy atom. The molecule has 38 heavy (non-hydrogen) atoms. The maximum absolute atomic E-state index is 13.4. The molecule has 5 heterocycles. The van der Waals surface area contributed by atoms with Crippen molar-refractivity contribution < 1.29 is 14.3 Å². The maximum Gasteiger partial charge on any atom is 0.295 e. The zero-order chi connectivity index (χ0) is 26.2. The van der Waals surface area contributed by atoms with E-state index < -0.39 is 11.7 Å². The number of carbonyl (C=O) groups is 2. The fourth-order valence-electron chi connectivity index (χ4n) is 4.69. The summed E-state index contributed by atoms with van der Waals surface area (Å²) < 4.78 is 6.98. The molecule has 6 rings (SSSR count). The number of ether oxygens (including phenoxy) is 1. The van der Waals surface area contributed by atoms with Crippen molar-refractivity contribution in [3.8, 4) is 22.8 Å². The van der Waals surface area contributed by atoms with E-state index in [1.54, 1.807) is 11.8 Å². The molecule has 0 radical (unpaired) electrons. The number of piperazine rings is 1. The van der Waals surface area contributed by atoms with Gasteiger partial charge in [-0.15, -0.1) is 5.10 Å². The van der Waals surface area contributed by atoms with Crippen LogP contribution in [0.4, 0.5) is 5.82 Å². The lowest BCUT2D eigenvalue weighted by molar-refractivity contribution is -0.126. The molecule has 0 aliphatic carbocycles. The second kappa shape index (κ2) is 9.42. The first-order valence-corrected chi connectivity index (χ1v) is 12.0. The zero-order valence-electron chi connectivity index (χ0n) is 20.7. The molecule has 0 unspecified atom stereocenters. The lowest BCUT2D eigenvalue weighted by Gasteiger charge is -2.35. The summed E-state index contributed by atoms with van der Waals surface area (Å²) in [5.74, 6) is 0.998. The van der Waals surface area contributed by atoms with E-state index in [-0.39, 0.29) is 5.56 Å². The molecule has 0 bridgehead atoms. The summed E-state index contributed by atoms with van der Waals surface area (Å²) in [4.78, 5) is 42.0. The summed E-state index contributed by atoms with van der Waals surface area (Å²) in [5, 5.41) is 16.0. The van der Waals surface area contributed by atoms with Crippen LogP contribution in [0.15, 0.2) is 49.1 Å². The molecule has 0 spiro atoms. The minimum atomic E-state index is -0.622. The summed E-state index contributed by atoms with van der Waals surface area (Å²) in [5.41, 5.74) is 2.44. The van der Waals surface area contributed by atoms with E-state index in [2.05, 4.69) is 40.4 Å². The van der Waals surface area contributed by atoms with Gasteiger partial charge in [-0.25, -0.2) is 19.7 Å². The standard InChI is InChI=1S/C25H24N10O3/c1-15-28-14-35(31-15)23-21-19(18(38-2)13-27-23)17(12-26-21)22(36)25(37)34-10-8-33(9-11-34)24-20(29-32-30-24)16-6-4-3-5-7-16/h3-7,12-14,26H,8-11H2,1-2H3,(H,29,30,32). The molecule has 1 aliphatic heterocycles. The third-order valence-corrected chi connectivity index (χ3v) is 6.60. The van der Waals surface area contributed by atoms with Gasteiger partial charge in [-0.05, 0) is 6.92 Å². The number of aryl methyl sites for hydroxylation is 1. The van der Waals surface area contributed by atoms with Crippen molar-refractivity contribution in [1.29, 1.82) is 0 Å². The van der Waals surface area contributed by atoms with Crippen LogP contribution in [0.5, 0.6) is 5.75 Å². The number of H-pyrrole nitrogens is 2. The maximum atomic E-state index is 13.4. The third kappa shape index (κ3) is 3.93. The highest BCUT2D eigenvalue weighted by atomic mass is 16.5. The number of amides is 1. The average molecular weight is 513 g/mol. The van der Waals surface area contributed by atoms with Gasteiger partial charge < -0.3 is 19.5 Å². The highest BCUT2D eigenvalue weighted by molar-refractivity contribution is 6.45. The fourth-order valence-corrected chi connectivity index (χ4v) is 4.69. The molecular weight excluding hydrogens is 488 g/mol. The van der Waals surface area contributed by atoms with E-state index in [1.165, 1.54) is 30.5 Å². The highest BCUT2D eigenvalue weighted by Gasteiger charge is 2.31. The first-order chi connectivity index (χ1) is 18.5. The lowest BCUT2D eigenvalue weighted by atomic mass is 10.1. The second-order valence-electron chi connectivity index (χ2n) is 8.82. The van der Waals surface area contributed by atoms with Crippen molar-refractivity contribution in [2.24, 2.45) is 0 Å². The number of nitrogens with one attached hydrogen (secondary N) is 2. The van der Waals surface area contributed by atoms with Gasteiger partial charge in [0.05, 0.1) is 29.8 Å². The number of methoxy groups -OCH3 is 1. The summed E-state index contributed by atoms with van der Waals surface area (Å²) in [7, 11) is 1.49. The number of benzene rings is 1. The molecule has 13 heteroatoms. The van der Waals surface area contributed by atoms with Gasteiger partial charge in [0.25, 0.3) is 11.7 Å². The average Bonchev–Trinajstić information content (AvgIpc) is 3.72. The number of hydrogen-bond acceptors (Lipinski definition) is 9. The minimum Gasteiger partial charge on any atom is -0.494 e. The molecule has 0 atom stereocenters. The Morgan fingerprint density at radius 3 is 2.55 bits per heavy atom. The van der Waals surface area contributed by atoms with Crippen molar-refractivity contribution in [1.82, 2.24) is 45.0 Å². The quantitative estimate of drug-likeness (QED) is 0.256. The van der Waals surface area contributed by atoms with E-state index in [0.29, 0.717) is 54.5 Å². The van der Waals surface area contributed by atoms with Gasteiger partial charge in [0, 0.05) is 37.9 Å². The van der Waals surface area contributed by atoms with Gasteiger partial charge in [0.15, 0.2) is 11.6 Å². The molecule has 192 valence electrons. The number of pyridine rings is 1. The highest BCUT2D eigenvalue weighted by Crippen LogP contribution is 2.32. The van der Waals surface area contributed by atoms with Crippen LogP contribution in [0, 0.1) is 6.92 Å². The molecule has 1 aliphatic rings. The fraction of sp³-hybridized carbons (Fsp3) is 0.240. The van der Waals surface area contributed by atoms with E-state index in [4.69, 9.17) is 4.74 Å². The van der Waals surface area contributed by atoms with Crippen LogP contribution in [-0.2, 0) is 4.79 Å². The number of fused-ring (bicyclic) bond motifs is 1. The number of carbonyl (C=O) groups excluding carboxylic acids is 2. The molecule has 1 aromatic carbocycles. The molecule has 2 N–H and O–H groups in total. The van der Waals surface area contributed by atoms with Crippen molar-refractivity contribution in [2.45, 2.75) is 6.92 Å². The SMILES string of the molecule is COc1cnc(-n2cnc(C)n2)c2[nH]cc(C(=O)C(=O)N3CCN(c4[nH]nnc4-c4ccccc4)CC3)c12. The van der Waals surface area contributed by atoms with E-state index in [9.17, 15) is 9.59 Å². The van der Waals surface area contributed by atoms with Crippen molar-refractivity contribution >= 4 is 28.4 Å². The Kier molecular flexibility index (Phi) is 5.79. The van der Waals surface area contributed by atoms with Crippen LogP contribution < -0.4 is 9.64 Å². The minimum absolute atomic E-state index is 0.217. The zero-order valence-corrected chi connectivity index (χ0v) is 20.7. The number of aromatic amines is 2. The van der Waals surface area contributed by atoms with Crippen molar-refractivity contribution in [3.63, 3.8) is 0 Å². The molecule has 1 amide bonds. The molecule has 13 nitrogen and oxygen atoms in total. The molecule has 1 fully saturated rings. The molecule has 5 aromatic rings. The van der Waals surface area contributed by atoms with E-state index in [1.807, 2.05) is 30.3 Å². The number of rotatable bonds is 6. The molecule has 4 aromatic heterocycles. The number of aromatic nitrogens is 8. The van der Waals surface area contributed by atoms with Crippen LogP contribution in [0.1, 0.15) is 16.2 Å². The van der Waals surface area contributed by atoms with E-state index in [0.717, 1.165) is 17.1 Å². The number of anilines is 1. The Bertz CT molecular complexity index is 1630. The number of Topliss-reactive ketones (excluding diaryl/α,β-unsaturated/α-hetero) is 1. The van der Waals surface area contributed by atoms with Gasteiger partial charge >= 0.3 is 0 Å². The van der Waals surface area contributed by atoms with Crippen LogP contribution in [0.2, 0.25) is 0 Å². The second-order valence-corrected chi connectivity index (χ2v) is 8.82. The topological polar surface area (TPSA) is 151 Å². The van der Waals surface area contributed by atoms with Gasteiger partial charge in [-0.1, -0.05) is 35.5 Å². The third-order valence-electron chi connectivity index (χ3n) is 6.60. The smallest absolute Gasteiger partial charge is 0.295 e. The van der Waals surface area contributed by atoms with Gasteiger partial charge in [-0.2, -0.15) is 5.10 Å². The predicted octanol–water partition coefficient (Wildman–Crippen LogP) is 1.78. The van der Waals surface area contributed by atoms with Crippen LogP contribution >= 0.6 is 0 Å². The van der Waals surface area contributed by atoms with Crippen LogP contribution in [0.3, 0.4) is 0 Å². The Labute approximate surface area is 216 Å². The van der Waals surface area contributed by atoms with Crippen LogP contribution in [-0.4, -0.2) is 90.0 Å². The van der Waals surface area contributed by atoms with E-state index >= 15 is 0 Å². The normalized spacial score (nSPS) is 13.7. The molecular formula is C25H24N10O3. The van der Waals surface area contributed by atoms with Gasteiger partial charge in [0.2, 0.25) is 0 Å². The molecule has 1 saturated heterocycles. The number of ketones is 1. The summed E-state index contributed by atoms with van der Waals surface area (Å²) in [6, 6.07) is 9.78.